The number of nitriles is 1. The van der Waals surface area contributed by atoms with Crippen molar-refractivity contribution in [2.45, 2.75) is 0 Å². The minimum atomic E-state index is 0.598. The maximum atomic E-state index is 10.7. The normalized spacial score (nSPS) is 11.6. The van der Waals surface area contributed by atoms with Gasteiger partial charge in [-0.1, -0.05) is 109 Å². The monoisotopic (exact) mass is 699 g/mol. The average molecular weight is 700 g/mol. The first-order chi connectivity index (χ1) is 27.2. The zero-order chi connectivity index (χ0) is 36.6. The van der Waals surface area contributed by atoms with E-state index in [4.69, 9.17) is 6.57 Å². The van der Waals surface area contributed by atoms with Crippen molar-refractivity contribution in [3.8, 4) is 34.3 Å². The van der Waals surface area contributed by atoms with Gasteiger partial charge in [0, 0.05) is 43.8 Å². The molecule has 0 amide bonds. The van der Waals surface area contributed by atoms with Gasteiger partial charge in [-0.3, -0.25) is 0 Å². The molecule has 0 aliphatic carbocycles. The van der Waals surface area contributed by atoms with Crippen LogP contribution in [0.5, 0.6) is 0 Å². The number of aromatic nitrogens is 3. The van der Waals surface area contributed by atoms with Crippen LogP contribution in [0.15, 0.2) is 176 Å². The first-order valence-corrected chi connectivity index (χ1v) is 18.3. The van der Waals surface area contributed by atoms with Crippen LogP contribution in [0.4, 0.5) is 5.69 Å². The number of nitrogens with zero attached hydrogens (tertiary/aromatic N) is 5. The van der Waals surface area contributed by atoms with Crippen molar-refractivity contribution < 1.29 is 0 Å². The second-order valence-corrected chi connectivity index (χ2v) is 13.9. The van der Waals surface area contributed by atoms with Gasteiger partial charge in [0.05, 0.1) is 45.4 Å². The van der Waals surface area contributed by atoms with Crippen molar-refractivity contribution in [2.75, 3.05) is 0 Å². The van der Waals surface area contributed by atoms with Crippen molar-refractivity contribution >= 4 is 71.1 Å². The molecule has 0 fully saturated rings. The summed E-state index contributed by atoms with van der Waals surface area (Å²) in [4.78, 5) is 3.83. The number of fused-ring (bicyclic) bond motifs is 9. The molecule has 5 heteroatoms. The fraction of sp³-hybridized carbons (Fsp3) is 0. The summed E-state index contributed by atoms with van der Waals surface area (Å²) in [5, 5.41) is 17.5. The van der Waals surface area contributed by atoms with Crippen LogP contribution in [-0.4, -0.2) is 13.7 Å². The molecule has 0 unspecified atom stereocenters. The zero-order valence-electron chi connectivity index (χ0n) is 29.5. The fourth-order valence-electron chi connectivity index (χ4n) is 8.73. The Morgan fingerprint density at radius 1 is 0.418 bits per heavy atom. The van der Waals surface area contributed by atoms with Gasteiger partial charge in [-0.2, -0.15) is 5.26 Å². The Hall–Kier alpha value is -7.86. The van der Waals surface area contributed by atoms with Crippen LogP contribution in [0.25, 0.3) is 98.5 Å². The molecule has 0 aliphatic rings. The number of hydrogen-bond acceptors (Lipinski definition) is 1. The topological polar surface area (TPSA) is 42.9 Å². The summed E-state index contributed by atoms with van der Waals surface area (Å²) < 4.78 is 6.81. The SMILES string of the molecule is [C-]#[N+]c1cccc2c1c1ccccc1n2-c1ccc(-c2ccc(-n3c4ccccc4c4ccc(-n5c6ccccc6c6ccccc65)cc43)c(C#N)c2)cc1. The molecule has 8 aromatic carbocycles. The van der Waals surface area contributed by atoms with Crippen molar-refractivity contribution in [1.82, 2.24) is 13.7 Å². The predicted molar refractivity (Wildman–Crippen MR) is 226 cm³/mol. The molecule has 0 aliphatic heterocycles. The van der Waals surface area contributed by atoms with E-state index in [2.05, 4.69) is 170 Å². The van der Waals surface area contributed by atoms with Crippen LogP contribution in [0.3, 0.4) is 0 Å². The molecule has 3 aromatic heterocycles. The first-order valence-electron chi connectivity index (χ1n) is 18.3. The molecule has 11 aromatic rings. The molecule has 0 radical (unpaired) electrons. The zero-order valence-corrected chi connectivity index (χ0v) is 29.5. The molecule has 5 nitrogen and oxygen atoms in total. The minimum Gasteiger partial charge on any atom is -0.311 e. The second-order valence-electron chi connectivity index (χ2n) is 13.9. The number of hydrogen-bond donors (Lipinski definition) is 0. The largest absolute Gasteiger partial charge is 0.311 e. The number of rotatable bonds is 4. The van der Waals surface area contributed by atoms with Gasteiger partial charge in [0.2, 0.25) is 0 Å². The summed E-state index contributed by atoms with van der Waals surface area (Å²) in [6, 6.07) is 63.6. The summed E-state index contributed by atoms with van der Waals surface area (Å²) in [5.41, 5.74) is 12.6. The van der Waals surface area contributed by atoms with E-state index in [0.29, 0.717) is 11.3 Å². The molecular weight excluding hydrogens is 671 g/mol. The highest BCUT2D eigenvalue weighted by molar-refractivity contribution is 6.15. The molecule has 0 saturated carbocycles. The third-order valence-corrected chi connectivity index (χ3v) is 11.1. The quantitative estimate of drug-likeness (QED) is 0.169. The highest BCUT2D eigenvalue weighted by Crippen LogP contribution is 2.40. The van der Waals surface area contributed by atoms with E-state index < -0.39 is 0 Å². The molecule has 3 heterocycles. The number of para-hydroxylation sites is 4. The van der Waals surface area contributed by atoms with E-state index in [1.54, 1.807) is 0 Å². The summed E-state index contributed by atoms with van der Waals surface area (Å²) in [6.45, 7) is 7.79. The molecule has 0 bridgehead atoms. The maximum Gasteiger partial charge on any atom is 0.197 e. The van der Waals surface area contributed by atoms with Gasteiger partial charge in [-0.05, 0) is 83.2 Å². The molecule has 55 heavy (non-hydrogen) atoms. The second kappa shape index (κ2) is 11.8. The summed E-state index contributed by atoms with van der Waals surface area (Å²) in [7, 11) is 0. The van der Waals surface area contributed by atoms with Crippen LogP contribution >= 0.6 is 0 Å². The van der Waals surface area contributed by atoms with Crippen LogP contribution in [0.1, 0.15) is 5.56 Å². The summed E-state index contributed by atoms with van der Waals surface area (Å²) in [5.74, 6) is 0. The van der Waals surface area contributed by atoms with Crippen LogP contribution < -0.4 is 0 Å². The van der Waals surface area contributed by atoms with Gasteiger partial charge >= 0.3 is 0 Å². The Bertz CT molecular complexity index is 3400. The summed E-state index contributed by atoms with van der Waals surface area (Å²) >= 11 is 0. The molecule has 0 spiro atoms. The van der Waals surface area contributed by atoms with Crippen molar-refractivity contribution in [3.05, 3.63) is 193 Å². The van der Waals surface area contributed by atoms with Gasteiger partial charge < -0.3 is 13.7 Å². The Kier molecular flexibility index (Phi) is 6.61. The summed E-state index contributed by atoms with van der Waals surface area (Å²) in [6.07, 6.45) is 0. The number of benzene rings is 8. The van der Waals surface area contributed by atoms with Crippen molar-refractivity contribution in [2.24, 2.45) is 0 Å². The highest BCUT2D eigenvalue weighted by Gasteiger charge is 2.19. The van der Waals surface area contributed by atoms with Gasteiger partial charge in [-0.25, -0.2) is 4.85 Å². The van der Waals surface area contributed by atoms with Crippen LogP contribution in [-0.2, 0) is 0 Å². The fourth-order valence-corrected chi connectivity index (χ4v) is 8.73. The van der Waals surface area contributed by atoms with E-state index >= 15 is 0 Å². The first kappa shape index (κ1) is 30.7. The molecule has 0 N–H and O–H groups in total. The van der Waals surface area contributed by atoms with E-state index in [1.165, 1.54) is 10.8 Å². The highest BCUT2D eigenvalue weighted by atomic mass is 15.0. The lowest BCUT2D eigenvalue weighted by atomic mass is 10.0. The Labute approximate surface area is 316 Å². The van der Waals surface area contributed by atoms with E-state index in [-0.39, 0.29) is 0 Å². The molecular formula is C50H29N5. The smallest absolute Gasteiger partial charge is 0.197 e. The van der Waals surface area contributed by atoms with Gasteiger partial charge in [-0.15, -0.1) is 0 Å². The third-order valence-electron chi connectivity index (χ3n) is 11.1. The lowest BCUT2D eigenvalue weighted by Crippen LogP contribution is -1.99. The standard InChI is InChI=1S/C50H29N5/c1-52-42-15-10-20-48-50(42)41-14-5-9-19-47(41)53(48)35-24-21-32(22-25-35)33-23-28-43(34(29-33)31-51)55-46-18-8-4-13-39(46)40-27-26-36(30-49(40)55)54-44-16-6-2-11-37(44)38-12-3-7-17-45(38)54/h2-30H. The molecule has 11 rings (SSSR count). The van der Waals surface area contributed by atoms with Crippen molar-refractivity contribution in [1.29, 1.82) is 5.26 Å². The molecule has 0 atom stereocenters. The minimum absolute atomic E-state index is 0.598. The third kappa shape index (κ3) is 4.45. The lowest BCUT2D eigenvalue weighted by molar-refractivity contribution is 1.15. The molecule has 0 saturated heterocycles. The van der Waals surface area contributed by atoms with Gasteiger partial charge in [0.1, 0.15) is 6.07 Å². The van der Waals surface area contributed by atoms with E-state index in [1.807, 2.05) is 30.3 Å². The van der Waals surface area contributed by atoms with E-state index in [9.17, 15) is 5.26 Å². The van der Waals surface area contributed by atoms with Gasteiger partial charge in [0.15, 0.2) is 5.69 Å². The van der Waals surface area contributed by atoms with E-state index in [0.717, 1.165) is 82.8 Å². The maximum absolute atomic E-state index is 10.7. The average Bonchev–Trinajstić information content (AvgIpc) is 3.89. The molecule has 254 valence electrons. The Morgan fingerprint density at radius 3 is 1.56 bits per heavy atom. The van der Waals surface area contributed by atoms with Crippen LogP contribution in [0, 0.1) is 17.9 Å². The van der Waals surface area contributed by atoms with Crippen molar-refractivity contribution in [3.63, 3.8) is 0 Å². The predicted octanol–water partition coefficient (Wildman–Crippen LogP) is 13.1. The van der Waals surface area contributed by atoms with Crippen LogP contribution in [0.2, 0.25) is 0 Å². The lowest BCUT2D eigenvalue weighted by Gasteiger charge is -2.14. The Morgan fingerprint density at radius 2 is 0.927 bits per heavy atom. The van der Waals surface area contributed by atoms with Gasteiger partial charge in [0.25, 0.3) is 0 Å². The Balaban J connectivity index is 1.05.